The van der Waals surface area contributed by atoms with Gasteiger partial charge >= 0.3 is 0 Å². The normalized spacial score (nSPS) is 11.3. The fraction of sp³-hybridized carbons (Fsp3) is 0. The highest BCUT2D eigenvalue weighted by atomic mass is 16.3. The first-order chi connectivity index (χ1) is 26.8. The standard InChI is InChI=1S/C52H35NO/c1-3-14-36(15-4-1)40-19-11-20-41(34-40)42-21-12-22-44(35-42)53(49-26-13-25-48-47-24-9-10-27-50(47)54-52(48)49)43-31-28-38(29-32-43)46-33-30-37-16-7-8-23-45(37)51(46)39-17-5-2-6-18-39/h1-35H. The Morgan fingerprint density at radius 3 is 1.72 bits per heavy atom. The SMILES string of the molecule is c1ccc(-c2cccc(-c3cccc(N(c4ccc(-c5ccc6ccccc6c5-c5ccccc5)cc4)c4cccc5c4oc4ccccc45)c3)c2)cc1. The molecule has 0 spiro atoms. The van der Waals surface area contributed by atoms with Gasteiger partial charge in [0.1, 0.15) is 5.58 Å². The van der Waals surface area contributed by atoms with Crippen LogP contribution >= 0.6 is 0 Å². The van der Waals surface area contributed by atoms with E-state index in [1.54, 1.807) is 0 Å². The van der Waals surface area contributed by atoms with E-state index in [9.17, 15) is 0 Å². The van der Waals surface area contributed by atoms with Crippen molar-refractivity contribution in [3.8, 4) is 44.5 Å². The van der Waals surface area contributed by atoms with E-state index in [-0.39, 0.29) is 0 Å². The monoisotopic (exact) mass is 689 g/mol. The van der Waals surface area contributed by atoms with Crippen LogP contribution in [-0.2, 0) is 0 Å². The van der Waals surface area contributed by atoms with Crippen LogP contribution < -0.4 is 4.90 Å². The Hall–Kier alpha value is -7.16. The molecule has 0 saturated carbocycles. The Labute approximate surface area is 314 Å². The number of furan rings is 1. The highest BCUT2D eigenvalue weighted by molar-refractivity contribution is 6.10. The quantitative estimate of drug-likeness (QED) is 0.166. The van der Waals surface area contributed by atoms with E-state index in [2.05, 4.69) is 205 Å². The maximum absolute atomic E-state index is 6.64. The molecule has 54 heavy (non-hydrogen) atoms. The summed E-state index contributed by atoms with van der Waals surface area (Å²) in [4.78, 5) is 2.33. The first-order valence-corrected chi connectivity index (χ1v) is 18.4. The number of hydrogen-bond donors (Lipinski definition) is 0. The predicted molar refractivity (Wildman–Crippen MR) is 228 cm³/mol. The highest BCUT2D eigenvalue weighted by Crippen LogP contribution is 2.44. The first-order valence-electron chi connectivity index (χ1n) is 18.4. The number of fused-ring (bicyclic) bond motifs is 4. The summed E-state index contributed by atoms with van der Waals surface area (Å²) < 4.78 is 6.64. The summed E-state index contributed by atoms with van der Waals surface area (Å²) in [5.74, 6) is 0. The minimum Gasteiger partial charge on any atom is -0.454 e. The summed E-state index contributed by atoms with van der Waals surface area (Å²) in [7, 11) is 0. The molecule has 254 valence electrons. The molecular weight excluding hydrogens is 655 g/mol. The van der Waals surface area contributed by atoms with Gasteiger partial charge in [0.05, 0.1) is 5.69 Å². The first kappa shape index (κ1) is 31.6. The molecule has 0 radical (unpaired) electrons. The molecule has 10 rings (SSSR count). The van der Waals surface area contributed by atoms with Crippen molar-refractivity contribution in [2.75, 3.05) is 4.90 Å². The van der Waals surface area contributed by atoms with Crippen molar-refractivity contribution in [2.24, 2.45) is 0 Å². The van der Waals surface area contributed by atoms with E-state index in [4.69, 9.17) is 4.42 Å². The van der Waals surface area contributed by atoms with Crippen LogP contribution in [0.3, 0.4) is 0 Å². The maximum Gasteiger partial charge on any atom is 0.159 e. The van der Waals surface area contributed by atoms with Crippen molar-refractivity contribution in [3.05, 3.63) is 212 Å². The third-order valence-electron chi connectivity index (χ3n) is 10.5. The van der Waals surface area contributed by atoms with Crippen LogP contribution in [0.2, 0.25) is 0 Å². The molecule has 2 nitrogen and oxygen atoms in total. The van der Waals surface area contributed by atoms with Gasteiger partial charge < -0.3 is 9.32 Å². The number of benzene rings is 9. The second-order valence-corrected chi connectivity index (χ2v) is 13.7. The summed E-state index contributed by atoms with van der Waals surface area (Å²) in [5, 5.41) is 4.69. The smallest absolute Gasteiger partial charge is 0.159 e. The molecule has 1 heterocycles. The molecule has 0 N–H and O–H groups in total. The number of anilines is 3. The Morgan fingerprint density at radius 1 is 0.333 bits per heavy atom. The minimum absolute atomic E-state index is 0.861. The molecule has 10 aromatic rings. The molecule has 0 aliphatic heterocycles. The zero-order valence-electron chi connectivity index (χ0n) is 29.6. The van der Waals surface area contributed by atoms with Crippen LogP contribution in [0, 0.1) is 0 Å². The van der Waals surface area contributed by atoms with Gasteiger partial charge in [0.2, 0.25) is 0 Å². The Balaban J connectivity index is 1.13. The lowest BCUT2D eigenvalue weighted by Gasteiger charge is -2.26. The number of hydrogen-bond acceptors (Lipinski definition) is 2. The van der Waals surface area contributed by atoms with E-state index < -0.39 is 0 Å². The van der Waals surface area contributed by atoms with Gasteiger partial charge in [0, 0.05) is 22.1 Å². The van der Waals surface area contributed by atoms with Gasteiger partial charge in [-0.1, -0.05) is 170 Å². The van der Waals surface area contributed by atoms with E-state index in [1.807, 2.05) is 12.1 Å². The van der Waals surface area contributed by atoms with Gasteiger partial charge in [-0.2, -0.15) is 0 Å². The van der Waals surface area contributed by atoms with Crippen LogP contribution in [0.5, 0.6) is 0 Å². The molecule has 1 aromatic heterocycles. The molecule has 2 heteroatoms. The van der Waals surface area contributed by atoms with Gasteiger partial charge in [-0.3, -0.25) is 0 Å². The average molecular weight is 690 g/mol. The van der Waals surface area contributed by atoms with Crippen molar-refractivity contribution in [1.82, 2.24) is 0 Å². The highest BCUT2D eigenvalue weighted by Gasteiger charge is 2.20. The van der Waals surface area contributed by atoms with Crippen LogP contribution in [0.15, 0.2) is 217 Å². The van der Waals surface area contributed by atoms with Crippen molar-refractivity contribution >= 4 is 49.8 Å². The topological polar surface area (TPSA) is 16.4 Å². The van der Waals surface area contributed by atoms with Crippen molar-refractivity contribution in [2.45, 2.75) is 0 Å². The van der Waals surface area contributed by atoms with Gasteiger partial charge in [-0.25, -0.2) is 0 Å². The lowest BCUT2D eigenvalue weighted by atomic mass is 9.90. The van der Waals surface area contributed by atoms with Gasteiger partial charge in [-0.15, -0.1) is 0 Å². The van der Waals surface area contributed by atoms with Crippen molar-refractivity contribution < 1.29 is 4.42 Å². The zero-order chi connectivity index (χ0) is 35.8. The van der Waals surface area contributed by atoms with Crippen LogP contribution in [0.1, 0.15) is 0 Å². The molecule has 9 aromatic carbocycles. The van der Waals surface area contributed by atoms with E-state index in [0.717, 1.165) is 50.1 Å². The number of nitrogens with zero attached hydrogens (tertiary/aromatic N) is 1. The summed E-state index contributed by atoms with van der Waals surface area (Å²) in [6.45, 7) is 0. The largest absolute Gasteiger partial charge is 0.454 e. The number of para-hydroxylation sites is 2. The molecule has 0 atom stereocenters. The van der Waals surface area contributed by atoms with Crippen molar-refractivity contribution in [1.29, 1.82) is 0 Å². The third-order valence-corrected chi connectivity index (χ3v) is 10.5. The predicted octanol–water partition coefficient (Wildman–Crippen LogP) is 14.9. The van der Waals surface area contributed by atoms with Gasteiger partial charge in [-0.05, 0) is 97.7 Å². The molecule has 0 fully saturated rings. The van der Waals surface area contributed by atoms with E-state index >= 15 is 0 Å². The molecule has 0 aliphatic rings. The second-order valence-electron chi connectivity index (χ2n) is 13.7. The van der Waals surface area contributed by atoms with Crippen LogP contribution in [0.25, 0.3) is 77.2 Å². The second kappa shape index (κ2) is 13.4. The summed E-state index contributed by atoms with van der Waals surface area (Å²) in [6, 6.07) is 75.8. The fourth-order valence-electron chi connectivity index (χ4n) is 7.89. The van der Waals surface area contributed by atoms with Gasteiger partial charge in [0.15, 0.2) is 5.58 Å². The Bertz CT molecular complexity index is 2920. The molecular formula is C52H35NO. The maximum atomic E-state index is 6.64. The fourth-order valence-corrected chi connectivity index (χ4v) is 7.89. The summed E-state index contributed by atoms with van der Waals surface area (Å²) in [5.41, 5.74) is 14.4. The Morgan fingerprint density at radius 2 is 0.926 bits per heavy atom. The molecule has 0 saturated heterocycles. The molecule has 0 unspecified atom stereocenters. The Kier molecular flexibility index (Phi) is 7.85. The minimum atomic E-state index is 0.861. The van der Waals surface area contributed by atoms with Gasteiger partial charge in [0.25, 0.3) is 0 Å². The van der Waals surface area contributed by atoms with E-state index in [1.165, 1.54) is 44.2 Å². The number of rotatable bonds is 7. The average Bonchev–Trinajstić information content (AvgIpc) is 3.64. The van der Waals surface area contributed by atoms with Crippen LogP contribution in [0.4, 0.5) is 17.1 Å². The molecule has 0 bridgehead atoms. The van der Waals surface area contributed by atoms with Crippen molar-refractivity contribution in [3.63, 3.8) is 0 Å². The molecule has 0 amide bonds. The third kappa shape index (κ3) is 5.62. The summed E-state index contributed by atoms with van der Waals surface area (Å²) >= 11 is 0. The lowest BCUT2D eigenvalue weighted by Crippen LogP contribution is -2.10. The summed E-state index contributed by atoms with van der Waals surface area (Å²) in [6.07, 6.45) is 0. The lowest BCUT2D eigenvalue weighted by molar-refractivity contribution is 0.669. The van der Waals surface area contributed by atoms with E-state index in [0.29, 0.717) is 0 Å². The van der Waals surface area contributed by atoms with Crippen LogP contribution in [-0.4, -0.2) is 0 Å². The zero-order valence-corrected chi connectivity index (χ0v) is 29.6. The molecule has 0 aliphatic carbocycles.